The average molecular weight is 329 g/mol. The van der Waals surface area contributed by atoms with E-state index in [1.807, 2.05) is 0 Å². The highest BCUT2D eigenvalue weighted by atomic mass is 16.4. The van der Waals surface area contributed by atoms with E-state index < -0.39 is 5.97 Å². The summed E-state index contributed by atoms with van der Waals surface area (Å²) in [6.45, 7) is 3.72. The number of carbonyl (C=O) groups is 1. The molecule has 0 aromatic heterocycles. The average Bonchev–Trinajstić information content (AvgIpc) is 2.50. The Balaban J connectivity index is 0. The third kappa shape index (κ3) is 33.8. The van der Waals surface area contributed by atoms with Crippen LogP contribution in [0.4, 0.5) is 0 Å². The molecule has 0 heterocycles. The van der Waals surface area contributed by atoms with Gasteiger partial charge in [-0.15, -0.1) is 0 Å². The number of aliphatic carboxylic acids is 1. The highest BCUT2D eigenvalue weighted by molar-refractivity contribution is 5.62. The topological polar surface area (TPSA) is 57.5 Å². The van der Waals surface area contributed by atoms with Crippen LogP contribution in [0.1, 0.15) is 104 Å². The van der Waals surface area contributed by atoms with E-state index in [1.165, 1.54) is 83.5 Å². The molecule has 0 aromatic carbocycles. The third-order valence-corrected chi connectivity index (χ3v) is 3.67. The maximum absolute atomic E-state index is 9.00. The van der Waals surface area contributed by atoms with Crippen LogP contribution in [0.15, 0.2) is 12.2 Å². The molecule has 0 rings (SSSR count). The lowest BCUT2D eigenvalue weighted by Crippen LogP contribution is -1.83. The molecular formula is C20H40O3. The summed E-state index contributed by atoms with van der Waals surface area (Å²) in [5.41, 5.74) is 0. The summed E-state index contributed by atoms with van der Waals surface area (Å²) in [7, 11) is 0. The molecule has 3 heteroatoms. The molecule has 0 atom stereocenters. The largest absolute Gasteiger partial charge is 0.481 e. The van der Waals surface area contributed by atoms with Crippen LogP contribution in [-0.2, 0) is 4.79 Å². The van der Waals surface area contributed by atoms with E-state index >= 15 is 0 Å². The van der Waals surface area contributed by atoms with Gasteiger partial charge in [0.1, 0.15) is 0 Å². The second-order valence-electron chi connectivity index (χ2n) is 6.18. The van der Waals surface area contributed by atoms with E-state index in [0.29, 0.717) is 6.61 Å². The second-order valence-corrected chi connectivity index (χ2v) is 6.18. The Bertz CT molecular complexity index is 245. The molecule has 0 radical (unpaired) electrons. The van der Waals surface area contributed by atoms with Crippen molar-refractivity contribution in [3.8, 4) is 0 Å². The van der Waals surface area contributed by atoms with Crippen LogP contribution in [0, 0.1) is 0 Å². The van der Waals surface area contributed by atoms with Gasteiger partial charge >= 0.3 is 0 Å². The van der Waals surface area contributed by atoms with Gasteiger partial charge in [0.05, 0.1) is 0 Å². The lowest BCUT2D eigenvalue weighted by molar-refractivity contribution is -0.134. The molecule has 0 saturated carbocycles. The zero-order valence-corrected chi connectivity index (χ0v) is 15.6. The highest BCUT2D eigenvalue weighted by Crippen LogP contribution is 2.09. The lowest BCUT2D eigenvalue weighted by Gasteiger charge is -1.99. The molecule has 0 fully saturated rings. The number of hydrogen-bond acceptors (Lipinski definition) is 2. The maximum Gasteiger partial charge on any atom is 0.300 e. The second kappa shape index (κ2) is 23.4. The fourth-order valence-electron chi connectivity index (χ4n) is 2.36. The molecule has 2 N–H and O–H groups in total. The normalized spacial score (nSPS) is 10.6. The van der Waals surface area contributed by atoms with Gasteiger partial charge in [-0.05, 0) is 32.1 Å². The summed E-state index contributed by atoms with van der Waals surface area (Å²) in [5.74, 6) is -0.833. The Morgan fingerprint density at radius 2 is 1.09 bits per heavy atom. The van der Waals surface area contributed by atoms with Crippen molar-refractivity contribution < 1.29 is 15.0 Å². The molecule has 0 aliphatic heterocycles. The van der Waals surface area contributed by atoms with E-state index in [-0.39, 0.29) is 0 Å². The van der Waals surface area contributed by atoms with Gasteiger partial charge in [-0.3, -0.25) is 4.79 Å². The molecule has 138 valence electrons. The summed E-state index contributed by atoms with van der Waals surface area (Å²) < 4.78 is 0. The Morgan fingerprint density at radius 3 is 1.48 bits per heavy atom. The van der Waals surface area contributed by atoms with E-state index in [9.17, 15) is 0 Å². The third-order valence-electron chi connectivity index (χ3n) is 3.67. The van der Waals surface area contributed by atoms with Crippen LogP contribution in [0.5, 0.6) is 0 Å². The fourth-order valence-corrected chi connectivity index (χ4v) is 2.36. The first-order valence-corrected chi connectivity index (χ1v) is 9.60. The standard InChI is InChI=1S/C18H36O.C2H4O2/c1-2-3-4-5-6-7-8-9-10-11-12-13-14-15-16-17-18-19;1-2(3)4/h9-10,19H,2-8,11-18H2,1H3;1H3,(H,3,4)/b10-9-;. The predicted molar refractivity (Wildman–Crippen MR) is 99.8 cm³/mol. The van der Waals surface area contributed by atoms with Crippen LogP contribution < -0.4 is 0 Å². The summed E-state index contributed by atoms with van der Waals surface area (Å²) in [5, 5.41) is 16.1. The van der Waals surface area contributed by atoms with Crippen LogP contribution in [0.25, 0.3) is 0 Å². The van der Waals surface area contributed by atoms with E-state index in [2.05, 4.69) is 19.1 Å². The van der Waals surface area contributed by atoms with Crippen molar-refractivity contribution in [1.29, 1.82) is 0 Å². The zero-order valence-electron chi connectivity index (χ0n) is 15.6. The Kier molecular flexibility index (Phi) is 24.9. The maximum atomic E-state index is 9.00. The number of hydrogen-bond donors (Lipinski definition) is 2. The number of aliphatic hydroxyl groups is 1. The number of rotatable bonds is 15. The summed E-state index contributed by atoms with van der Waals surface area (Å²) >= 11 is 0. The molecule has 0 amide bonds. The summed E-state index contributed by atoms with van der Waals surface area (Å²) in [6, 6.07) is 0. The zero-order chi connectivity index (χ0) is 17.6. The number of carboxylic acids is 1. The van der Waals surface area contributed by atoms with E-state index in [4.69, 9.17) is 15.0 Å². The predicted octanol–water partition coefficient (Wildman–Crippen LogP) is 6.11. The molecule has 0 aliphatic rings. The monoisotopic (exact) mass is 328 g/mol. The molecule has 0 saturated heterocycles. The Labute approximate surface area is 144 Å². The number of allylic oxidation sites excluding steroid dienone is 2. The minimum atomic E-state index is -0.833. The van der Waals surface area contributed by atoms with Crippen molar-refractivity contribution in [2.45, 2.75) is 104 Å². The van der Waals surface area contributed by atoms with Crippen molar-refractivity contribution in [2.24, 2.45) is 0 Å². The smallest absolute Gasteiger partial charge is 0.300 e. The van der Waals surface area contributed by atoms with Crippen molar-refractivity contribution in [3.05, 3.63) is 12.2 Å². The van der Waals surface area contributed by atoms with Gasteiger partial charge < -0.3 is 10.2 Å². The molecule has 3 nitrogen and oxygen atoms in total. The van der Waals surface area contributed by atoms with Gasteiger partial charge in [0, 0.05) is 13.5 Å². The Hall–Kier alpha value is -0.830. The molecule has 0 spiro atoms. The van der Waals surface area contributed by atoms with Gasteiger partial charge in [-0.1, -0.05) is 76.9 Å². The van der Waals surface area contributed by atoms with Gasteiger partial charge in [0.25, 0.3) is 5.97 Å². The van der Waals surface area contributed by atoms with Crippen molar-refractivity contribution in [2.75, 3.05) is 6.61 Å². The lowest BCUT2D eigenvalue weighted by atomic mass is 10.1. The van der Waals surface area contributed by atoms with E-state index in [1.54, 1.807) is 0 Å². The molecule has 0 bridgehead atoms. The number of aliphatic hydroxyl groups excluding tert-OH is 1. The minimum absolute atomic E-state index is 0.362. The van der Waals surface area contributed by atoms with E-state index in [0.717, 1.165) is 13.3 Å². The quantitative estimate of drug-likeness (QED) is 0.282. The number of unbranched alkanes of at least 4 members (excludes halogenated alkanes) is 12. The first kappa shape index (κ1) is 24.4. The molecule has 0 unspecified atom stereocenters. The van der Waals surface area contributed by atoms with Gasteiger partial charge in [0.15, 0.2) is 0 Å². The SMILES string of the molecule is CC(=O)O.CCCCCCCC/C=C\CCCCCCCCO. The first-order valence-electron chi connectivity index (χ1n) is 9.60. The highest BCUT2D eigenvalue weighted by Gasteiger charge is 1.90. The van der Waals surface area contributed by atoms with Gasteiger partial charge in [-0.25, -0.2) is 0 Å². The summed E-state index contributed by atoms with van der Waals surface area (Å²) in [4.78, 5) is 9.00. The number of carboxylic acid groups (broad SMARTS) is 1. The fraction of sp³-hybridized carbons (Fsp3) is 0.850. The van der Waals surface area contributed by atoms with Crippen LogP contribution >= 0.6 is 0 Å². The molecule has 0 aromatic rings. The van der Waals surface area contributed by atoms with Crippen molar-refractivity contribution in [3.63, 3.8) is 0 Å². The molecule has 0 aliphatic carbocycles. The van der Waals surface area contributed by atoms with Gasteiger partial charge in [-0.2, -0.15) is 0 Å². The van der Waals surface area contributed by atoms with Crippen LogP contribution in [0.2, 0.25) is 0 Å². The van der Waals surface area contributed by atoms with Crippen molar-refractivity contribution in [1.82, 2.24) is 0 Å². The van der Waals surface area contributed by atoms with Crippen molar-refractivity contribution >= 4 is 5.97 Å². The Morgan fingerprint density at radius 1 is 0.739 bits per heavy atom. The minimum Gasteiger partial charge on any atom is -0.481 e. The van der Waals surface area contributed by atoms with Crippen LogP contribution in [0.3, 0.4) is 0 Å². The van der Waals surface area contributed by atoms with Crippen LogP contribution in [-0.4, -0.2) is 22.8 Å². The summed E-state index contributed by atoms with van der Waals surface area (Å²) in [6.07, 6.45) is 23.2. The first-order chi connectivity index (χ1) is 11.1. The molecular weight excluding hydrogens is 288 g/mol. The molecule has 23 heavy (non-hydrogen) atoms. The van der Waals surface area contributed by atoms with Gasteiger partial charge in [0.2, 0.25) is 0 Å².